The van der Waals surface area contributed by atoms with Gasteiger partial charge in [-0.05, 0) is 33.6 Å². The summed E-state index contributed by atoms with van der Waals surface area (Å²) in [5.41, 5.74) is 1.68. The molecule has 2 nitrogen and oxygen atoms in total. The zero-order valence-electron chi connectivity index (χ0n) is 9.75. The van der Waals surface area contributed by atoms with Crippen molar-refractivity contribution in [2.24, 2.45) is 0 Å². The molecule has 2 aromatic rings. The minimum absolute atomic E-state index is 0.152. The van der Waals surface area contributed by atoms with Gasteiger partial charge >= 0.3 is 0 Å². The van der Waals surface area contributed by atoms with Crippen molar-refractivity contribution in [1.82, 2.24) is 0 Å². The summed E-state index contributed by atoms with van der Waals surface area (Å²) in [5, 5.41) is -0.152. The Bertz CT molecular complexity index is 511. The van der Waals surface area contributed by atoms with Gasteiger partial charge in [-0.25, -0.2) is 0 Å². The van der Waals surface area contributed by atoms with Gasteiger partial charge in [-0.15, -0.1) is 0 Å². The van der Waals surface area contributed by atoms with Gasteiger partial charge in [-0.2, -0.15) is 0 Å². The van der Waals surface area contributed by atoms with Crippen molar-refractivity contribution in [1.29, 1.82) is 0 Å². The molecule has 0 aromatic heterocycles. The molecule has 0 amide bonds. The summed E-state index contributed by atoms with van der Waals surface area (Å²) in [6.45, 7) is 0. The van der Waals surface area contributed by atoms with Crippen molar-refractivity contribution in [2.75, 3.05) is 0 Å². The quantitative estimate of drug-likeness (QED) is 0.619. The number of hydrogen-bond acceptors (Lipinski definition) is 2. The predicted molar refractivity (Wildman–Crippen MR) is 75.3 cm³/mol. The van der Waals surface area contributed by atoms with E-state index in [1.165, 1.54) is 0 Å². The largest absolute Gasteiger partial charge is 0.479 e. The number of alkyl halides is 1. The van der Waals surface area contributed by atoms with E-state index in [2.05, 4.69) is 15.9 Å². The third-order valence-corrected chi connectivity index (χ3v) is 3.08. The molecule has 0 fully saturated rings. The number of hydrogen-bond donors (Lipinski definition) is 0. The first kappa shape index (κ1) is 12.8. The highest BCUT2D eigenvalue weighted by atomic mass is 79.9. The lowest BCUT2D eigenvalue weighted by molar-refractivity contribution is 0.112. The Kier molecular flexibility index (Phi) is 4.53. The molecule has 0 saturated heterocycles. The maximum Gasteiger partial charge on any atom is 0.157 e. The van der Waals surface area contributed by atoms with Gasteiger partial charge in [0.05, 0.1) is 0 Å². The predicted octanol–water partition coefficient (Wildman–Crippen LogP) is 3.84. The molecule has 0 saturated carbocycles. The van der Waals surface area contributed by atoms with Crippen LogP contribution in [0, 0.1) is 0 Å². The van der Waals surface area contributed by atoms with E-state index >= 15 is 0 Å². The molecule has 3 heteroatoms. The minimum atomic E-state index is -0.152. The molecule has 0 radical (unpaired) electrons. The molecule has 0 aliphatic carbocycles. The molecule has 0 aliphatic heterocycles. The molecule has 2 aromatic carbocycles. The fraction of sp³-hybridized carbons (Fsp3) is 0.133. The second-order valence-electron chi connectivity index (χ2n) is 3.86. The van der Waals surface area contributed by atoms with Crippen molar-refractivity contribution >= 4 is 22.2 Å². The van der Waals surface area contributed by atoms with Crippen molar-refractivity contribution in [3.63, 3.8) is 0 Å². The first-order chi connectivity index (χ1) is 8.79. The van der Waals surface area contributed by atoms with Gasteiger partial charge in [0.15, 0.2) is 5.01 Å². The smallest absolute Gasteiger partial charge is 0.157 e. The Morgan fingerprint density at radius 2 is 1.72 bits per heavy atom. The van der Waals surface area contributed by atoms with Gasteiger partial charge in [0.25, 0.3) is 0 Å². The molecule has 2 rings (SSSR count). The molecular formula is C15H13BrO2. The van der Waals surface area contributed by atoms with Crippen LogP contribution in [0.4, 0.5) is 0 Å². The highest BCUT2D eigenvalue weighted by Crippen LogP contribution is 2.18. The summed E-state index contributed by atoms with van der Waals surface area (Å²) in [4.78, 5) is 10.9. The lowest BCUT2D eigenvalue weighted by atomic mass is 10.1. The third-order valence-electron chi connectivity index (χ3n) is 2.57. The van der Waals surface area contributed by atoms with Gasteiger partial charge in [-0.1, -0.05) is 42.5 Å². The molecule has 0 aliphatic rings. The Morgan fingerprint density at radius 3 is 2.44 bits per heavy atom. The highest BCUT2D eigenvalue weighted by molar-refractivity contribution is 9.09. The maximum atomic E-state index is 10.9. The van der Waals surface area contributed by atoms with Crippen LogP contribution in [0.15, 0.2) is 54.6 Å². The molecular weight excluding hydrogens is 292 g/mol. The van der Waals surface area contributed by atoms with Gasteiger partial charge < -0.3 is 4.74 Å². The van der Waals surface area contributed by atoms with E-state index in [0.717, 1.165) is 17.6 Å². The van der Waals surface area contributed by atoms with Crippen molar-refractivity contribution in [2.45, 2.75) is 11.4 Å². The Labute approximate surface area is 115 Å². The number of para-hydroxylation sites is 1. The summed E-state index contributed by atoms with van der Waals surface area (Å²) in [7, 11) is 0. The average Bonchev–Trinajstić information content (AvgIpc) is 2.40. The van der Waals surface area contributed by atoms with Crippen LogP contribution in [0.2, 0.25) is 0 Å². The number of rotatable bonds is 5. The molecule has 0 bridgehead atoms. The number of carbonyl (C=O) groups excluding carboxylic acids is 1. The fourth-order valence-electron chi connectivity index (χ4n) is 1.70. The van der Waals surface area contributed by atoms with Crippen molar-refractivity contribution in [3.05, 3.63) is 65.7 Å². The monoisotopic (exact) mass is 304 g/mol. The van der Waals surface area contributed by atoms with E-state index < -0.39 is 0 Å². The zero-order valence-corrected chi connectivity index (χ0v) is 11.3. The SMILES string of the molecule is O=Cc1ccccc1CC(Br)Oc1ccccc1. The van der Waals surface area contributed by atoms with E-state index in [0.29, 0.717) is 12.0 Å². The lowest BCUT2D eigenvalue weighted by Gasteiger charge is -2.14. The second-order valence-corrected chi connectivity index (χ2v) is 4.88. The second kappa shape index (κ2) is 6.36. The zero-order chi connectivity index (χ0) is 12.8. The number of benzene rings is 2. The number of aldehydes is 1. The minimum Gasteiger partial charge on any atom is -0.479 e. The van der Waals surface area contributed by atoms with Crippen LogP contribution in [0.3, 0.4) is 0 Å². The van der Waals surface area contributed by atoms with Crippen LogP contribution >= 0.6 is 15.9 Å². The van der Waals surface area contributed by atoms with Crippen molar-refractivity contribution in [3.8, 4) is 5.75 Å². The molecule has 1 unspecified atom stereocenters. The van der Waals surface area contributed by atoms with Gasteiger partial charge in [0, 0.05) is 12.0 Å². The molecule has 0 heterocycles. The van der Waals surface area contributed by atoms with E-state index in [1.54, 1.807) is 0 Å². The van der Waals surface area contributed by atoms with Crippen LogP contribution in [-0.4, -0.2) is 11.3 Å². The third kappa shape index (κ3) is 3.44. The lowest BCUT2D eigenvalue weighted by Crippen LogP contribution is -2.12. The Morgan fingerprint density at radius 1 is 1.06 bits per heavy atom. The number of ether oxygens (including phenoxy) is 1. The molecule has 0 spiro atoms. The van der Waals surface area contributed by atoms with Crippen molar-refractivity contribution < 1.29 is 9.53 Å². The van der Waals surface area contributed by atoms with Crippen LogP contribution in [-0.2, 0) is 6.42 Å². The average molecular weight is 305 g/mol. The Balaban J connectivity index is 2.03. The molecule has 92 valence electrons. The summed E-state index contributed by atoms with van der Waals surface area (Å²) in [6.07, 6.45) is 1.52. The van der Waals surface area contributed by atoms with Gasteiger partial charge in [0.2, 0.25) is 0 Å². The van der Waals surface area contributed by atoms with Gasteiger partial charge in [-0.3, -0.25) is 4.79 Å². The Hall–Kier alpha value is -1.61. The maximum absolute atomic E-state index is 10.9. The van der Waals surface area contributed by atoms with Gasteiger partial charge in [0.1, 0.15) is 12.0 Å². The van der Waals surface area contributed by atoms with Crippen LogP contribution < -0.4 is 4.74 Å². The van der Waals surface area contributed by atoms with Crippen LogP contribution in [0.5, 0.6) is 5.75 Å². The molecule has 18 heavy (non-hydrogen) atoms. The summed E-state index contributed by atoms with van der Waals surface area (Å²) in [5.74, 6) is 0.808. The van der Waals surface area contributed by atoms with Crippen LogP contribution in [0.1, 0.15) is 15.9 Å². The topological polar surface area (TPSA) is 26.3 Å². The van der Waals surface area contributed by atoms with E-state index in [9.17, 15) is 4.79 Å². The normalized spacial score (nSPS) is 11.8. The summed E-state index contributed by atoms with van der Waals surface area (Å²) >= 11 is 3.48. The van der Waals surface area contributed by atoms with E-state index in [4.69, 9.17) is 4.74 Å². The standard InChI is InChI=1S/C15H13BrO2/c16-15(18-14-8-2-1-3-9-14)10-12-6-4-5-7-13(12)11-17/h1-9,11,15H,10H2. The molecule has 1 atom stereocenters. The highest BCUT2D eigenvalue weighted by Gasteiger charge is 2.09. The summed E-state index contributed by atoms with van der Waals surface area (Å²) in [6, 6.07) is 17.1. The fourth-order valence-corrected chi connectivity index (χ4v) is 2.26. The van der Waals surface area contributed by atoms with Crippen LogP contribution in [0.25, 0.3) is 0 Å². The molecule has 0 N–H and O–H groups in total. The van der Waals surface area contributed by atoms with E-state index in [-0.39, 0.29) is 5.01 Å². The number of carbonyl (C=O) groups is 1. The first-order valence-electron chi connectivity index (χ1n) is 5.68. The van der Waals surface area contributed by atoms with E-state index in [1.807, 2.05) is 54.6 Å². The number of halogens is 1. The summed E-state index contributed by atoms with van der Waals surface area (Å²) < 4.78 is 5.72. The first-order valence-corrected chi connectivity index (χ1v) is 6.60.